The molecule has 0 saturated carbocycles. The smallest absolute Gasteiger partial charge is 0.373 e. The molecule has 2 heterocycles. The van der Waals surface area contributed by atoms with E-state index in [0.29, 0.717) is 0 Å². The average molecular weight is 279 g/mol. The maximum Gasteiger partial charge on any atom is 0.373 e. The SMILES string of the molecule is COC(=O)c1ccc(C(C)NCc2ccc(C)s2)o1. The largest absolute Gasteiger partial charge is 0.463 e. The van der Waals surface area contributed by atoms with Crippen LogP contribution in [0.5, 0.6) is 0 Å². The first kappa shape index (κ1) is 13.8. The van der Waals surface area contributed by atoms with Gasteiger partial charge in [-0.15, -0.1) is 11.3 Å². The Labute approximate surface area is 116 Å². The monoisotopic (exact) mass is 279 g/mol. The Balaban J connectivity index is 1.94. The molecule has 0 spiro atoms. The number of rotatable bonds is 5. The van der Waals surface area contributed by atoms with Crippen LogP contribution >= 0.6 is 11.3 Å². The van der Waals surface area contributed by atoms with Crippen molar-refractivity contribution in [3.05, 3.63) is 45.5 Å². The number of hydrogen-bond acceptors (Lipinski definition) is 5. The van der Waals surface area contributed by atoms with Crippen molar-refractivity contribution in [2.45, 2.75) is 26.4 Å². The minimum Gasteiger partial charge on any atom is -0.463 e. The maximum absolute atomic E-state index is 11.3. The molecule has 0 aliphatic heterocycles. The third-order valence-electron chi connectivity index (χ3n) is 2.82. The average Bonchev–Trinajstić information content (AvgIpc) is 3.04. The molecule has 0 radical (unpaired) electrons. The van der Waals surface area contributed by atoms with Crippen LogP contribution < -0.4 is 5.32 Å². The molecule has 1 unspecified atom stereocenters. The van der Waals surface area contributed by atoms with Gasteiger partial charge in [-0.2, -0.15) is 0 Å². The lowest BCUT2D eigenvalue weighted by molar-refractivity contribution is 0.0562. The van der Waals surface area contributed by atoms with E-state index in [1.54, 1.807) is 23.5 Å². The second-order valence-electron chi connectivity index (χ2n) is 4.31. The predicted octanol–water partition coefficient (Wildman–Crippen LogP) is 3.29. The summed E-state index contributed by atoms with van der Waals surface area (Å²) in [4.78, 5) is 13.9. The summed E-state index contributed by atoms with van der Waals surface area (Å²) in [5, 5.41) is 3.36. The lowest BCUT2D eigenvalue weighted by Crippen LogP contribution is -2.16. The van der Waals surface area contributed by atoms with Gasteiger partial charge in [-0.1, -0.05) is 0 Å². The van der Waals surface area contributed by atoms with Gasteiger partial charge in [0.1, 0.15) is 5.76 Å². The van der Waals surface area contributed by atoms with Gasteiger partial charge in [0.2, 0.25) is 5.76 Å². The van der Waals surface area contributed by atoms with Crippen molar-refractivity contribution in [1.82, 2.24) is 5.32 Å². The minimum atomic E-state index is -0.452. The Morgan fingerprint density at radius 3 is 2.84 bits per heavy atom. The highest BCUT2D eigenvalue weighted by Crippen LogP contribution is 2.19. The summed E-state index contributed by atoms with van der Waals surface area (Å²) in [7, 11) is 1.34. The maximum atomic E-state index is 11.3. The number of esters is 1. The number of hydrogen-bond donors (Lipinski definition) is 1. The van der Waals surface area contributed by atoms with Gasteiger partial charge >= 0.3 is 5.97 Å². The predicted molar refractivity (Wildman–Crippen MR) is 74.4 cm³/mol. The third-order valence-corrected chi connectivity index (χ3v) is 3.82. The zero-order valence-corrected chi connectivity index (χ0v) is 12.0. The van der Waals surface area contributed by atoms with E-state index in [4.69, 9.17) is 4.42 Å². The van der Waals surface area contributed by atoms with Gasteiger partial charge in [0.25, 0.3) is 0 Å². The van der Waals surface area contributed by atoms with Crippen LogP contribution in [0.2, 0.25) is 0 Å². The second kappa shape index (κ2) is 6.04. The van der Waals surface area contributed by atoms with Gasteiger partial charge in [0.05, 0.1) is 13.2 Å². The number of carbonyl (C=O) groups is 1. The molecule has 2 rings (SSSR count). The molecule has 0 aliphatic carbocycles. The van der Waals surface area contributed by atoms with E-state index in [0.717, 1.165) is 12.3 Å². The van der Waals surface area contributed by atoms with Gasteiger partial charge in [-0.25, -0.2) is 4.79 Å². The molecule has 102 valence electrons. The number of ether oxygens (including phenoxy) is 1. The lowest BCUT2D eigenvalue weighted by atomic mass is 10.2. The van der Waals surface area contributed by atoms with Crippen LogP contribution in [0.4, 0.5) is 0 Å². The number of methoxy groups -OCH3 is 1. The highest BCUT2D eigenvalue weighted by molar-refractivity contribution is 7.11. The van der Waals surface area contributed by atoms with Crippen LogP contribution in [0.1, 0.15) is 39.0 Å². The summed E-state index contributed by atoms with van der Waals surface area (Å²) >= 11 is 1.77. The fourth-order valence-corrected chi connectivity index (χ4v) is 2.57. The summed E-state index contributed by atoms with van der Waals surface area (Å²) < 4.78 is 10.1. The van der Waals surface area contributed by atoms with Crippen LogP contribution in [0.3, 0.4) is 0 Å². The first-order valence-corrected chi connectivity index (χ1v) is 6.88. The van der Waals surface area contributed by atoms with Crippen molar-refractivity contribution >= 4 is 17.3 Å². The molecule has 4 nitrogen and oxygen atoms in total. The fourth-order valence-electron chi connectivity index (χ4n) is 1.73. The normalized spacial score (nSPS) is 12.4. The van der Waals surface area contributed by atoms with Crippen molar-refractivity contribution in [3.63, 3.8) is 0 Å². The molecule has 2 aromatic heterocycles. The molecule has 0 fully saturated rings. The van der Waals surface area contributed by atoms with E-state index >= 15 is 0 Å². The molecule has 0 amide bonds. The Bertz CT molecular complexity index is 559. The van der Waals surface area contributed by atoms with Gasteiger partial charge in [0.15, 0.2) is 0 Å². The summed E-state index contributed by atoms with van der Waals surface area (Å²) in [6.07, 6.45) is 0. The van der Waals surface area contributed by atoms with E-state index < -0.39 is 5.97 Å². The molecule has 0 bridgehead atoms. The van der Waals surface area contributed by atoms with E-state index in [-0.39, 0.29) is 11.8 Å². The molecule has 1 atom stereocenters. The topological polar surface area (TPSA) is 51.5 Å². The quantitative estimate of drug-likeness (QED) is 0.853. The minimum absolute atomic E-state index is 0.0424. The number of furan rings is 1. The third kappa shape index (κ3) is 3.45. The zero-order chi connectivity index (χ0) is 13.8. The van der Waals surface area contributed by atoms with Gasteiger partial charge in [0, 0.05) is 16.3 Å². The summed E-state index contributed by atoms with van der Waals surface area (Å²) in [6, 6.07) is 7.69. The van der Waals surface area contributed by atoms with E-state index in [9.17, 15) is 4.79 Å². The molecule has 0 aliphatic rings. The summed E-state index contributed by atoms with van der Waals surface area (Å²) in [5.74, 6) is 0.513. The van der Waals surface area contributed by atoms with Gasteiger partial charge in [-0.3, -0.25) is 0 Å². The summed E-state index contributed by atoms with van der Waals surface area (Å²) in [5.41, 5.74) is 0. The molecule has 19 heavy (non-hydrogen) atoms. The van der Waals surface area contributed by atoms with Crippen molar-refractivity contribution in [3.8, 4) is 0 Å². The molecule has 2 aromatic rings. The van der Waals surface area contributed by atoms with Crippen LogP contribution in [0.25, 0.3) is 0 Å². The number of nitrogens with one attached hydrogen (secondary N) is 1. The number of thiophene rings is 1. The molecule has 1 N–H and O–H groups in total. The highest BCUT2D eigenvalue weighted by atomic mass is 32.1. The fraction of sp³-hybridized carbons (Fsp3) is 0.357. The van der Waals surface area contributed by atoms with Crippen LogP contribution in [0, 0.1) is 6.92 Å². The zero-order valence-electron chi connectivity index (χ0n) is 11.2. The first-order valence-electron chi connectivity index (χ1n) is 6.07. The van der Waals surface area contributed by atoms with Crippen molar-refractivity contribution < 1.29 is 13.9 Å². The van der Waals surface area contributed by atoms with Crippen molar-refractivity contribution in [2.24, 2.45) is 0 Å². The molecular formula is C14H17NO3S. The van der Waals surface area contributed by atoms with E-state index in [2.05, 4.69) is 29.1 Å². The standard InChI is InChI=1S/C14H17NO3S/c1-9-4-5-11(19-9)8-15-10(2)12-6-7-13(18-12)14(16)17-3/h4-7,10,15H,8H2,1-3H3. The second-order valence-corrected chi connectivity index (χ2v) is 5.68. The first-order chi connectivity index (χ1) is 9.10. The van der Waals surface area contributed by atoms with E-state index in [1.807, 2.05) is 6.92 Å². The Hall–Kier alpha value is -1.59. The number of carbonyl (C=O) groups excluding carboxylic acids is 1. The lowest BCUT2D eigenvalue weighted by Gasteiger charge is -2.10. The van der Waals surface area contributed by atoms with Crippen LogP contribution in [-0.4, -0.2) is 13.1 Å². The van der Waals surface area contributed by atoms with Crippen LogP contribution in [0.15, 0.2) is 28.7 Å². The number of aryl methyl sites for hydroxylation is 1. The molecular weight excluding hydrogens is 262 g/mol. The summed E-state index contributed by atoms with van der Waals surface area (Å²) in [6.45, 7) is 4.88. The van der Waals surface area contributed by atoms with Crippen molar-refractivity contribution in [1.29, 1.82) is 0 Å². The molecule has 5 heteroatoms. The van der Waals surface area contributed by atoms with E-state index in [1.165, 1.54) is 16.9 Å². The molecule has 0 saturated heterocycles. The highest BCUT2D eigenvalue weighted by Gasteiger charge is 2.15. The Morgan fingerprint density at radius 2 is 2.21 bits per heavy atom. The Morgan fingerprint density at radius 1 is 1.42 bits per heavy atom. The molecule has 0 aromatic carbocycles. The Kier molecular flexibility index (Phi) is 4.39. The van der Waals surface area contributed by atoms with Crippen LogP contribution in [-0.2, 0) is 11.3 Å². The van der Waals surface area contributed by atoms with Crippen molar-refractivity contribution in [2.75, 3.05) is 7.11 Å². The van der Waals surface area contributed by atoms with Gasteiger partial charge in [-0.05, 0) is 38.1 Å². The van der Waals surface area contributed by atoms with Gasteiger partial charge < -0.3 is 14.5 Å².